The summed E-state index contributed by atoms with van der Waals surface area (Å²) in [6.45, 7) is 5.73. The van der Waals surface area contributed by atoms with Crippen LogP contribution in [0.2, 0.25) is 5.02 Å². The SMILES string of the molecule is CC(C)(C)OCCS(=O)(=O)c1cc(Cl)ccc1N. The number of halogens is 1. The Bertz CT molecular complexity index is 521. The van der Waals surface area contributed by atoms with Crippen molar-refractivity contribution in [3.63, 3.8) is 0 Å². The number of nitrogen functional groups attached to an aromatic ring is 1. The summed E-state index contributed by atoms with van der Waals surface area (Å²) in [6, 6.07) is 4.41. The molecule has 1 rings (SSSR count). The minimum atomic E-state index is -3.47. The van der Waals surface area contributed by atoms with Gasteiger partial charge >= 0.3 is 0 Å². The summed E-state index contributed by atoms with van der Waals surface area (Å²) in [6.07, 6.45) is 0. The zero-order valence-corrected chi connectivity index (χ0v) is 12.3. The molecule has 0 aliphatic heterocycles. The number of nitrogens with two attached hydrogens (primary N) is 1. The van der Waals surface area contributed by atoms with Crippen LogP contribution in [0.5, 0.6) is 0 Å². The maximum absolute atomic E-state index is 12.1. The largest absolute Gasteiger partial charge is 0.398 e. The van der Waals surface area contributed by atoms with Gasteiger partial charge in [-0.05, 0) is 39.0 Å². The van der Waals surface area contributed by atoms with Gasteiger partial charge in [0.05, 0.1) is 28.5 Å². The first kappa shape index (κ1) is 15.3. The van der Waals surface area contributed by atoms with E-state index in [4.69, 9.17) is 22.1 Å². The number of sulfone groups is 1. The molecular weight excluding hydrogens is 274 g/mol. The molecule has 0 aromatic heterocycles. The molecule has 0 heterocycles. The summed E-state index contributed by atoms with van der Waals surface area (Å²) in [7, 11) is -3.47. The van der Waals surface area contributed by atoms with E-state index in [1.165, 1.54) is 12.1 Å². The highest BCUT2D eigenvalue weighted by molar-refractivity contribution is 7.91. The van der Waals surface area contributed by atoms with E-state index in [0.717, 1.165) is 0 Å². The van der Waals surface area contributed by atoms with Gasteiger partial charge in [-0.3, -0.25) is 0 Å². The molecule has 0 aliphatic rings. The molecule has 0 bridgehead atoms. The van der Waals surface area contributed by atoms with Crippen molar-refractivity contribution in [1.29, 1.82) is 0 Å². The average Bonchev–Trinajstić information content (AvgIpc) is 2.19. The van der Waals surface area contributed by atoms with Crippen molar-refractivity contribution >= 4 is 27.1 Å². The van der Waals surface area contributed by atoms with Gasteiger partial charge in [0.25, 0.3) is 0 Å². The lowest BCUT2D eigenvalue weighted by Gasteiger charge is -2.19. The molecule has 1 aromatic rings. The number of hydrogen-bond donors (Lipinski definition) is 1. The van der Waals surface area contributed by atoms with Gasteiger partial charge in [0.2, 0.25) is 0 Å². The maximum atomic E-state index is 12.1. The molecule has 0 atom stereocenters. The summed E-state index contributed by atoms with van der Waals surface area (Å²) >= 11 is 5.78. The van der Waals surface area contributed by atoms with Crippen molar-refractivity contribution in [2.45, 2.75) is 31.3 Å². The third-order valence-electron chi connectivity index (χ3n) is 2.20. The smallest absolute Gasteiger partial charge is 0.182 e. The lowest BCUT2D eigenvalue weighted by molar-refractivity contribution is 0.00645. The fraction of sp³-hybridized carbons (Fsp3) is 0.500. The van der Waals surface area contributed by atoms with Crippen molar-refractivity contribution in [2.24, 2.45) is 0 Å². The predicted molar refractivity (Wildman–Crippen MR) is 73.6 cm³/mol. The van der Waals surface area contributed by atoms with Crippen LogP contribution in [-0.2, 0) is 14.6 Å². The fourth-order valence-electron chi connectivity index (χ4n) is 1.35. The van der Waals surface area contributed by atoms with Gasteiger partial charge in [-0.15, -0.1) is 0 Å². The van der Waals surface area contributed by atoms with Crippen LogP contribution in [-0.4, -0.2) is 26.4 Å². The van der Waals surface area contributed by atoms with E-state index < -0.39 is 9.84 Å². The highest BCUT2D eigenvalue weighted by Crippen LogP contribution is 2.23. The maximum Gasteiger partial charge on any atom is 0.182 e. The number of ether oxygens (including phenoxy) is 1. The van der Waals surface area contributed by atoms with E-state index >= 15 is 0 Å². The molecule has 0 aliphatic carbocycles. The molecule has 6 heteroatoms. The molecule has 102 valence electrons. The van der Waals surface area contributed by atoms with Gasteiger partial charge in [-0.25, -0.2) is 8.42 Å². The van der Waals surface area contributed by atoms with Crippen LogP contribution in [0.3, 0.4) is 0 Å². The number of rotatable bonds is 4. The first-order valence-electron chi connectivity index (χ1n) is 5.53. The predicted octanol–water partition coefficient (Wildman–Crippen LogP) is 2.51. The van der Waals surface area contributed by atoms with Gasteiger partial charge in [0, 0.05) is 5.02 Å². The van der Waals surface area contributed by atoms with Crippen molar-refractivity contribution in [2.75, 3.05) is 18.1 Å². The lowest BCUT2D eigenvalue weighted by Crippen LogP contribution is -2.24. The molecule has 0 saturated carbocycles. The Balaban J connectivity index is 2.84. The van der Waals surface area contributed by atoms with E-state index in [9.17, 15) is 8.42 Å². The van der Waals surface area contributed by atoms with Gasteiger partial charge in [-0.1, -0.05) is 11.6 Å². The minimum absolute atomic E-state index is 0.0625. The minimum Gasteiger partial charge on any atom is -0.398 e. The second-order valence-electron chi connectivity index (χ2n) is 4.96. The fourth-order valence-corrected chi connectivity index (χ4v) is 2.84. The van der Waals surface area contributed by atoms with Crippen molar-refractivity contribution in [3.8, 4) is 0 Å². The van der Waals surface area contributed by atoms with Crippen LogP contribution in [0.1, 0.15) is 20.8 Å². The Morgan fingerprint density at radius 2 is 1.94 bits per heavy atom. The Hall–Kier alpha value is -0.780. The highest BCUT2D eigenvalue weighted by Gasteiger charge is 2.19. The molecule has 0 spiro atoms. The average molecular weight is 292 g/mol. The second-order valence-corrected chi connectivity index (χ2v) is 7.48. The topological polar surface area (TPSA) is 69.4 Å². The molecule has 18 heavy (non-hydrogen) atoms. The second kappa shape index (κ2) is 5.47. The Kier molecular flexibility index (Phi) is 4.64. The quantitative estimate of drug-likeness (QED) is 0.866. The third kappa shape index (κ3) is 4.48. The molecule has 0 fully saturated rings. The Morgan fingerprint density at radius 1 is 1.33 bits per heavy atom. The molecule has 2 N–H and O–H groups in total. The van der Waals surface area contributed by atoms with Gasteiger partial charge in [0.15, 0.2) is 9.84 Å². The van der Waals surface area contributed by atoms with E-state index in [-0.39, 0.29) is 28.5 Å². The summed E-state index contributed by atoms with van der Waals surface area (Å²) in [4.78, 5) is 0.0625. The molecule has 0 amide bonds. The van der Waals surface area contributed by atoms with E-state index in [1.807, 2.05) is 20.8 Å². The molecule has 0 radical (unpaired) electrons. The van der Waals surface area contributed by atoms with Gasteiger partial charge in [-0.2, -0.15) is 0 Å². The molecule has 0 saturated heterocycles. The number of benzene rings is 1. The van der Waals surface area contributed by atoms with Crippen LogP contribution in [0, 0.1) is 0 Å². The van der Waals surface area contributed by atoms with E-state index in [2.05, 4.69) is 0 Å². The van der Waals surface area contributed by atoms with Crippen LogP contribution >= 0.6 is 11.6 Å². The monoisotopic (exact) mass is 291 g/mol. The van der Waals surface area contributed by atoms with Gasteiger partial charge in [0.1, 0.15) is 0 Å². The number of hydrogen-bond acceptors (Lipinski definition) is 4. The normalized spacial score (nSPS) is 12.7. The lowest BCUT2D eigenvalue weighted by atomic mass is 10.2. The molecule has 0 unspecified atom stereocenters. The first-order valence-corrected chi connectivity index (χ1v) is 7.56. The van der Waals surface area contributed by atoms with Crippen molar-refractivity contribution in [1.82, 2.24) is 0 Å². The molecule has 4 nitrogen and oxygen atoms in total. The van der Waals surface area contributed by atoms with Crippen LogP contribution in [0.4, 0.5) is 5.69 Å². The first-order chi connectivity index (χ1) is 8.12. The van der Waals surface area contributed by atoms with Crippen LogP contribution < -0.4 is 5.73 Å². The molecule has 1 aromatic carbocycles. The Labute approximate surface area is 113 Å². The summed E-state index contributed by atoms with van der Waals surface area (Å²) in [5.74, 6) is -0.116. The zero-order valence-electron chi connectivity index (χ0n) is 10.7. The summed E-state index contributed by atoms with van der Waals surface area (Å²) < 4.78 is 29.5. The molecular formula is C12H18ClNO3S. The highest BCUT2D eigenvalue weighted by atomic mass is 35.5. The van der Waals surface area contributed by atoms with E-state index in [0.29, 0.717) is 5.02 Å². The standard InChI is InChI=1S/C12H18ClNO3S/c1-12(2,3)17-6-7-18(15,16)11-8-9(13)4-5-10(11)14/h4-5,8H,6-7,14H2,1-3H3. The zero-order chi connectivity index (χ0) is 14.0. The summed E-state index contributed by atoms with van der Waals surface area (Å²) in [5, 5.41) is 0.347. The van der Waals surface area contributed by atoms with Crippen LogP contribution in [0.15, 0.2) is 23.1 Å². The van der Waals surface area contributed by atoms with Crippen molar-refractivity contribution in [3.05, 3.63) is 23.2 Å². The van der Waals surface area contributed by atoms with E-state index in [1.54, 1.807) is 6.07 Å². The number of anilines is 1. The summed E-state index contributed by atoms with van der Waals surface area (Å²) in [5.41, 5.74) is 5.49. The Morgan fingerprint density at radius 3 is 2.50 bits per heavy atom. The van der Waals surface area contributed by atoms with Crippen LogP contribution in [0.25, 0.3) is 0 Å². The third-order valence-corrected chi connectivity index (χ3v) is 4.16. The van der Waals surface area contributed by atoms with Crippen molar-refractivity contribution < 1.29 is 13.2 Å². The van der Waals surface area contributed by atoms with Gasteiger partial charge < -0.3 is 10.5 Å².